The van der Waals surface area contributed by atoms with Gasteiger partial charge in [0, 0.05) is 10.8 Å². The summed E-state index contributed by atoms with van der Waals surface area (Å²) >= 11 is 0. The lowest BCUT2D eigenvalue weighted by Gasteiger charge is -2.43. The van der Waals surface area contributed by atoms with Crippen molar-refractivity contribution in [3.05, 3.63) is 0 Å². The van der Waals surface area contributed by atoms with Gasteiger partial charge in [0.2, 0.25) is 0 Å². The summed E-state index contributed by atoms with van der Waals surface area (Å²) < 4.78 is 11.2. The number of aliphatic hydroxyl groups is 5. The maximum absolute atomic E-state index is 10.3. The van der Waals surface area contributed by atoms with Crippen LogP contribution in [0.4, 0.5) is 0 Å². The van der Waals surface area contributed by atoms with E-state index in [-0.39, 0.29) is 23.5 Å². The maximum Gasteiger partial charge on any atom is 0.186 e. The average Bonchev–Trinajstić information content (AvgIpc) is 2.87. The van der Waals surface area contributed by atoms with Crippen LogP contribution in [0.25, 0.3) is 0 Å². The van der Waals surface area contributed by atoms with Crippen molar-refractivity contribution in [3.8, 4) is 0 Å². The van der Waals surface area contributed by atoms with Gasteiger partial charge in [0.05, 0.1) is 19.3 Å². The van der Waals surface area contributed by atoms with Crippen LogP contribution in [0, 0.1) is 16.7 Å². The molecule has 2 bridgehead atoms. The second-order valence-corrected chi connectivity index (χ2v) is 7.83. The Labute approximate surface area is 135 Å². The van der Waals surface area contributed by atoms with E-state index in [9.17, 15) is 25.5 Å². The zero-order valence-electron chi connectivity index (χ0n) is 13.6. The van der Waals surface area contributed by atoms with E-state index in [1.54, 1.807) is 0 Å². The van der Waals surface area contributed by atoms with E-state index in [4.69, 9.17) is 9.47 Å². The van der Waals surface area contributed by atoms with Gasteiger partial charge in [0.25, 0.3) is 0 Å². The molecule has 0 aromatic heterocycles. The van der Waals surface area contributed by atoms with Crippen LogP contribution in [0.3, 0.4) is 0 Å². The lowest BCUT2D eigenvalue weighted by Crippen LogP contribution is -2.59. The molecule has 0 unspecified atom stereocenters. The van der Waals surface area contributed by atoms with Gasteiger partial charge in [0.15, 0.2) is 6.29 Å². The zero-order valence-corrected chi connectivity index (χ0v) is 13.6. The van der Waals surface area contributed by atoms with E-state index in [1.807, 2.05) is 0 Å². The number of hydrogen-bond donors (Lipinski definition) is 5. The van der Waals surface area contributed by atoms with Crippen LogP contribution in [0.2, 0.25) is 0 Å². The van der Waals surface area contributed by atoms with Gasteiger partial charge in [-0.1, -0.05) is 13.8 Å². The minimum atomic E-state index is -1.43. The highest BCUT2D eigenvalue weighted by Gasteiger charge is 2.64. The van der Waals surface area contributed by atoms with E-state index in [1.165, 1.54) is 0 Å². The lowest BCUT2D eigenvalue weighted by atomic mass is 9.69. The van der Waals surface area contributed by atoms with E-state index < -0.39 is 37.3 Å². The van der Waals surface area contributed by atoms with Gasteiger partial charge in [-0.15, -0.1) is 0 Å². The van der Waals surface area contributed by atoms with Crippen molar-refractivity contribution in [1.82, 2.24) is 0 Å². The molecular weight excluding hydrogens is 304 g/mol. The van der Waals surface area contributed by atoms with E-state index in [0.717, 1.165) is 19.3 Å². The molecule has 7 heteroatoms. The molecule has 3 aliphatic rings. The second kappa shape index (κ2) is 5.91. The Morgan fingerprint density at radius 2 is 1.78 bits per heavy atom. The molecule has 1 heterocycles. The molecular formula is C16H28O7. The number of rotatable bonds is 4. The van der Waals surface area contributed by atoms with E-state index in [2.05, 4.69) is 13.8 Å². The Bertz CT molecular complexity index is 444. The van der Waals surface area contributed by atoms with Gasteiger partial charge >= 0.3 is 0 Å². The summed E-state index contributed by atoms with van der Waals surface area (Å²) in [5, 5.41) is 49.2. The molecule has 3 rings (SSSR count). The molecule has 9 atom stereocenters. The fraction of sp³-hybridized carbons (Fsp3) is 1.00. The van der Waals surface area contributed by atoms with Gasteiger partial charge in [-0.25, -0.2) is 0 Å². The summed E-state index contributed by atoms with van der Waals surface area (Å²) in [5.74, 6) is 0.354. The van der Waals surface area contributed by atoms with Gasteiger partial charge in [-0.3, -0.25) is 0 Å². The molecule has 134 valence electrons. The van der Waals surface area contributed by atoms with Gasteiger partial charge < -0.3 is 35.0 Å². The molecule has 0 spiro atoms. The summed E-state index contributed by atoms with van der Waals surface area (Å²) in [7, 11) is 0. The Hall–Kier alpha value is -0.280. The Morgan fingerprint density at radius 1 is 1.09 bits per heavy atom. The van der Waals surface area contributed by atoms with Gasteiger partial charge in [-0.2, -0.15) is 0 Å². The monoisotopic (exact) mass is 332 g/mol. The third-order valence-corrected chi connectivity index (χ3v) is 6.86. The first-order chi connectivity index (χ1) is 10.7. The highest BCUT2D eigenvalue weighted by Crippen LogP contribution is 2.65. The first-order valence-electron chi connectivity index (χ1n) is 8.35. The summed E-state index contributed by atoms with van der Waals surface area (Å²) in [5.41, 5.74) is -0.461. The molecule has 3 fully saturated rings. The van der Waals surface area contributed by atoms with Crippen LogP contribution in [0.5, 0.6) is 0 Å². The zero-order chi connectivity index (χ0) is 17.0. The van der Waals surface area contributed by atoms with Crippen molar-refractivity contribution >= 4 is 0 Å². The molecule has 1 aliphatic heterocycles. The number of hydrogen-bond acceptors (Lipinski definition) is 7. The van der Waals surface area contributed by atoms with Crippen LogP contribution in [-0.2, 0) is 9.47 Å². The molecule has 23 heavy (non-hydrogen) atoms. The largest absolute Gasteiger partial charge is 0.394 e. The van der Waals surface area contributed by atoms with Crippen molar-refractivity contribution in [2.45, 2.75) is 69.9 Å². The number of fused-ring (bicyclic) bond motifs is 2. The fourth-order valence-electron chi connectivity index (χ4n) is 4.74. The second-order valence-electron chi connectivity index (χ2n) is 7.83. The summed E-state index contributed by atoms with van der Waals surface area (Å²) in [6.45, 7) is 3.97. The first-order valence-corrected chi connectivity index (χ1v) is 8.35. The van der Waals surface area contributed by atoms with Crippen molar-refractivity contribution in [1.29, 1.82) is 0 Å². The summed E-state index contributed by atoms with van der Waals surface area (Å²) in [6, 6.07) is 0. The Balaban J connectivity index is 1.68. The number of aliphatic hydroxyl groups excluding tert-OH is 5. The molecule has 0 aromatic rings. The molecule has 1 saturated heterocycles. The lowest BCUT2D eigenvalue weighted by molar-refractivity contribution is -0.308. The standard InChI is InChI=1S/C16H28O7/c1-15-4-3-8(5-10(15)18)16(15,2)7-22-14-13(21)12(20)11(19)9(6-17)23-14/h8-14,17-21H,3-7H2,1-2H3/t8-,9-,10+,11-,12+,13-,14-,15+,16-/m1/s1. The van der Waals surface area contributed by atoms with Gasteiger partial charge in [0.1, 0.15) is 24.4 Å². The Morgan fingerprint density at radius 3 is 2.30 bits per heavy atom. The molecule has 5 N–H and O–H groups in total. The van der Waals surface area contributed by atoms with Crippen LogP contribution < -0.4 is 0 Å². The quantitative estimate of drug-likeness (QED) is 0.447. The third kappa shape index (κ3) is 2.45. The summed E-state index contributed by atoms with van der Waals surface area (Å²) in [6.07, 6.45) is -3.89. The fourth-order valence-corrected chi connectivity index (χ4v) is 4.74. The average molecular weight is 332 g/mol. The predicted molar refractivity (Wildman–Crippen MR) is 79.3 cm³/mol. The Kier molecular flexibility index (Phi) is 4.51. The van der Waals surface area contributed by atoms with Crippen molar-refractivity contribution in [3.63, 3.8) is 0 Å². The van der Waals surface area contributed by atoms with Crippen LogP contribution in [-0.4, -0.2) is 75.6 Å². The molecule has 0 radical (unpaired) electrons. The van der Waals surface area contributed by atoms with Crippen molar-refractivity contribution < 1.29 is 35.0 Å². The van der Waals surface area contributed by atoms with E-state index in [0.29, 0.717) is 5.92 Å². The third-order valence-electron chi connectivity index (χ3n) is 6.86. The predicted octanol–water partition coefficient (Wildman–Crippen LogP) is -1.01. The van der Waals surface area contributed by atoms with Crippen LogP contribution >= 0.6 is 0 Å². The van der Waals surface area contributed by atoms with Crippen LogP contribution in [0.15, 0.2) is 0 Å². The SMILES string of the molecule is C[C@]12CC[C@H](C[C@@H]1O)[C@@]2(C)CO[C@@H]1O[C@H](CO)[C@@H](O)[C@H](O)[C@H]1O. The molecule has 0 aromatic carbocycles. The minimum Gasteiger partial charge on any atom is -0.394 e. The normalized spacial score (nSPS) is 56.2. The molecule has 2 aliphatic carbocycles. The first kappa shape index (κ1) is 17.5. The molecule has 0 amide bonds. The minimum absolute atomic E-state index is 0.230. The number of ether oxygens (including phenoxy) is 2. The molecule has 7 nitrogen and oxygen atoms in total. The summed E-state index contributed by atoms with van der Waals surface area (Å²) in [4.78, 5) is 0. The highest BCUT2D eigenvalue weighted by atomic mass is 16.7. The van der Waals surface area contributed by atoms with Gasteiger partial charge in [-0.05, 0) is 25.2 Å². The van der Waals surface area contributed by atoms with E-state index >= 15 is 0 Å². The van der Waals surface area contributed by atoms with Crippen molar-refractivity contribution in [2.24, 2.45) is 16.7 Å². The smallest absolute Gasteiger partial charge is 0.186 e. The van der Waals surface area contributed by atoms with Crippen molar-refractivity contribution in [2.75, 3.05) is 13.2 Å². The van der Waals surface area contributed by atoms with Crippen LogP contribution in [0.1, 0.15) is 33.1 Å². The maximum atomic E-state index is 10.3. The topological polar surface area (TPSA) is 120 Å². The molecule has 2 saturated carbocycles. The highest BCUT2D eigenvalue weighted by molar-refractivity contribution is 5.12.